The van der Waals surface area contributed by atoms with E-state index in [0.29, 0.717) is 6.54 Å². The molecule has 0 atom stereocenters. The zero-order chi connectivity index (χ0) is 17.0. The third-order valence-corrected chi connectivity index (χ3v) is 6.69. The highest BCUT2D eigenvalue weighted by Gasteiger charge is 2.51. The molecule has 2 aromatic rings. The molecule has 0 unspecified atom stereocenters. The van der Waals surface area contributed by atoms with E-state index in [1.54, 1.807) is 6.20 Å². The van der Waals surface area contributed by atoms with Gasteiger partial charge in [-0.15, -0.1) is 0 Å². The maximum Gasteiger partial charge on any atom is 0.262 e. The van der Waals surface area contributed by atoms with Crippen molar-refractivity contribution in [2.24, 2.45) is 17.8 Å². The number of nitrogens with one attached hydrogen (secondary N) is 1. The fourth-order valence-corrected chi connectivity index (χ4v) is 6.23. The molecular formula is C21H26N3O+. The highest BCUT2D eigenvalue weighted by atomic mass is 16.2. The highest BCUT2D eigenvalue weighted by molar-refractivity contribution is 5.77. The lowest BCUT2D eigenvalue weighted by atomic mass is 9.53. The van der Waals surface area contributed by atoms with Gasteiger partial charge in [0.15, 0.2) is 17.6 Å². The minimum atomic E-state index is 0.0865. The molecular weight excluding hydrogens is 310 g/mol. The van der Waals surface area contributed by atoms with E-state index in [-0.39, 0.29) is 11.4 Å². The average molecular weight is 336 g/mol. The van der Waals surface area contributed by atoms with E-state index in [2.05, 4.69) is 24.0 Å². The molecule has 4 bridgehead atoms. The van der Waals surface area contributed by atoms with Gasteiger partial charge in [-0.1, -0.05) is 18.7 Å². The fourth-order valence-electron chi connectivity index (χ4n) is 6.23. The molecule has 1 aromatic heterocycles. The van der Waals surface area contributed by atoms with Gasteiger partial charge in [-0.3, -0.25) is 4.79 Å². The minimum Gasteiger partial charge on any atom is -0.347 e. The first-order valence-electron chi connectivity index (χ1n) is 9.57. The zero-order valence-corrected chi connectivity index (χ0v) is 14.7. The summed E-state index contributed by atoms with van der Waals surface area (Å²) in [5.74, 6) is 2.70. The molecule has 4 aliphatic carbocycles. The number of rotatable bonds is 4. The summed E-state index contributed by atoms with van der Waals surface area (Å²) >= 11 is 0. The van der Waals surface area contributed by atoms with E-state index >= 15 is 0 Å². The summed E-state index contributed by atoms with van der Waals surface area (Å²) in [4.78, 5) is 12.9. The number of nitrogens with zero attached hydrogens (tertiary/aromatic N) is 2. The first kappa shape index (κ1) is 15.2. The van der Waals surface area contributed by atoms with Crippen molar-refractivity contribution >= 4 is 23.1 Å². The van der Waals surface area contributed by atoms with Gasteiger partial charge >= 0.3 is 0 Å². The van der Waals surface area contributed by atoms with E-state index in [1.807, 2.05) is 27.6 Å². The molecule has 0 saturated heterocycles. The number of amides is 1. The van der Waals surface area contributed by atoms with Gasteiger partial charge in [0.1, 0.15) is 0 Å². The van der Waals surface area contributed by atoms with Crippen LogP contribution in [0.2, 0.25) is 0 Å². The molecule has 1 aromatic carbocycles. The van der Waals surface area contributed by atoms with Crippen molar-refractivity contribution in [1.29, 1.82) is 0 Å². The normalized spacial score (nSPS) is 32.9. The van der Waals surface area contributed by atoms with Gasteiger partial charge in [-0.25, -0.2) is 9.13 Å². The molecule has 4 nitrogen and oxygen atoms in total. The van der Waals surface area contributed by atoms with Crippen LogP contribution < -0.4 is 9.88 Å². The second-order valence-corrected chi connectivity index (χ2v) is 8.57. The molecule has 0 radical (unpaired) electrons. The van der Waals surface area contributed by atoms with Crippen molar-refractivity contribution < 1.29 is 9.36 Å². The number of hydrogen-bond donors (Lipinski definition) is 1. The second-order valence-electron chi connectivity index (χ2n) is 8.57. The summed E-state index contributed by atoms with van der Waals surface area (Å²) in [7, 11) is 0. The van der Waals surface area contributed by atoms with E-state index < -0.39 is 0 Å². The zero-order valence-electron chi connectivity index (χ0n) is 14.7. The van der Waals surface area contributed by atoms with Gasteiger partial charge in [-0.05, 0) is 68.4 Å². The van der Waals surface area contributed by atoms with Gasteiger partial charge in [-0.2, -0.15) is 0 Å². The van der Waals surface area contributed by atoms with Crippen LogP contribution in [-0.4, -0.2) is 16.0 Å². The summed E-state index contributed by atoms with van der Waals surface area (Å²) in [6, 6.07) is 8.16. The Labute approximate surface area is 148 Å². The second kappa shape index (κ2) is 5.45. The maximum absolute atomic E-state index is 12.9. The number of carbonyl (C=O) groups excluding carboxylic acids is 1. The standard InChI is InChI=1S/C21H25N3O/c1-2-23-14-24(19-6-4-3-5-18(19)23)13-20(25)22-21-10-15-7-16(11-21)9-17(8-15)12-21/h2-6,14-17H,1,7-13H2/p+1. The first-order chi connectivity index (χ1) is 12.1. The molecule has 1 heterocycles. The largest absolute Gasteiger partial charge is 0.347 e. The van der Waals surface area contributed by atoms with Crippen LogP contribution in [0.5, 0.6) is 0 Å². The Hall–Kier alpha value is -2.10. The lowest BCUT2D eigenvalue weighted by Gasteiger charge is -2.56. The van der Waals surface area contributed by atoms with Crippen molar-refractivity contribution in [3.63, 3.8) is 0 Å². The Kier molecular flexibility index (Phi) is 3.31. The van der Waals surface area contributed by atoms with Gasteiger partial charge in [0.05, 0.1) is 6.20 Å². The van der Waals surface area contributed by atoms with Gasteiger partial charge in [0.2, 0.25) is 6.33 Å². The number of imidazole rings is 1. The molecule has 0 spiro atoms. The molecule has 4 saturated carbocycles. The van der Waals surface area contributed by atoms with Crippen LogP contribution in [0.25, 0.3) is 17.2 Å². The molecule has 25 heavy (non-hydrogen) atoms. The van der Waals surface area contributed by atoms with Crippen LogP contribution in [-0.2, 0) is 11.3 Å². The SMILES string of the molecule is C=Cn1c[n+](CC(=O)NC23CC4CC(CC(C4)C2)C3)c2ccccc21. The lowest BCUT2D eigenvalue weighted by molar-refractivity contribution is -0.659. The van der Waals surface area contributed by atoms with Crippen LogP contribution >= 0.6 is 0 Å². The smallest absolute Gasteiger partial charge is 0.262 e. The number of para-hydroxylation sites is 2. The number of benzene rings is 1. The van der Waals surface area contributed by atoms with E-state index in [1.165, 1.54) is 38.5 Å². The molecule has 1 N–H and O–H groups in total. The number of hydrogen-bond acceptors (Lipinski definition) is 1. The van der Waals surface area contributed by atoms with Crippen LogP contribution in [0.4, 0.5) is 0 Å². The van der Waals surface area contributed by atoms with E-state index in [4.69, 9.17) is 0 Å². The average Bonchev–Trinajstić information content (AvgIpc) is 2.91. The monoisotopic (exact) mass is 336 g/mol. The predicted molar refractivity (Wildman–Crippen MR) is 97.6 cm³/mol. The third-order valence-electron chi connectivity index (χ3n) is 6.69. The van der Waals surface area contributed by atoms with E-state index in [9.17, 15) is 4.79 Å². The topological polar surface area (TPSA) is 37.9 Å². The number of fused-ring (bicyclic) bond motifs is 1. The predicted octanol–water partition coefficient (Wildman–Crippen LogP) is 3.11. The molecule has 4 heteroatoms. The summed E-state index contributed by atoms with van der Waals surface area (Å²) in [6.45, 7) is 4.25. The summed E-state index contributed by atoms with van der Waals surface area (Å²) < 4.78 is 4.01. The van der Waals surface area contributed by atoms with Crippen LogP contribution in [0.15, 0.2) is 37.2 Å². The molecule has 1 amide bonds. The first-order valence-corrected chi connectivity index (χ1v) is 9.57. The Morgan fingerprint density at radius 3 is 2.48 bits per heavy atom. The third kappa shape index (κ3) is 2.50. The van der Waals surface area contributed by atoms with Crippen molar-refractivity contribution in [2.75, 3.05) is 0 Å². The van der Waals surface area contributed by atoms with Crippen LogP contribution in [0, 0.1) is 17.8 Å². The Bertz CT molecular complexity index is 815. The number of aromatic nitrogens is 2. The maximum atomic E-state index is 12.9. The summed E-state index contributed by atoms with van der Waals surface area (Å²) in [6.07, 6.45) is 11.5. The quantitative estimate of drug-likeness (QED) is 0.856. The Balaban J connectivity index is 1.37. The lowest BCUT2D eigenvalue weighted by Crippen LogP contribution is -2.61. The van der Waals surface area contributed by atoms with Crippen LogP contribution in [0.3, 0.4) is 0 Å². The van der Waals surface area contributed by atoms with Gasteiger partial charge in [0, 0.05) is 5.54 Å². The summed E-state index contributed by atoms with van der Waals surface area (Å²) in [5.41, 5.74) is 2.24. The Morgan fingerprint density at radius 1 is 1.20 bits per heavy atom. The fraction of sp³-hybridized carbons (Fsp3) is 0.524. The molecule has 6 rings (SSSR count). The van der Waals surface area contributed by atoms with E-state index in [0.717, 1.165) is 28.8 Å². The van der Waals surface area contributed by atoms with Gasteiger partial charge < -0.3 is 5.32 Å². The Morgan fingerprint density at radius 2 is 1.84 bits per heavy atom. The molecule has 4 fully saturated rings. The van der Waals surface area contributed by atoms with Crippen molar-refractivity contribution in [2.45, 2.75) is 50.6 Å². The molecule has 130 valence electrons. The van der Waals surface area contributed by atoms with Crippen molar-refractivity contribution in [1.82, 2.24) is 9.88 Å². The minimum absolute atomic E-state index is 0.0865. The molecule has 4 aliphatic rings. The van der Waals surface area contributed by atoms with Gasteiger partial charge in [0.25, 0.3) is 5.91 Å². The summed E-state index contributed by atoms with van der Waals surface area (Å²) in [5, 5.41) is 3.47. The van der Waals surface area contributed by atoms with Crippen LogP contribution in [0.1, 0.15) is 38.5 Å². The van der Waals surface area contributed by atoms with Crippen molar-refractivity contribution in [3.8, 4) is 0 Å². The number of carbonyl (C=O) groups is 1. The highest BCUT2D eigenvalue weighted by Crippen LogP contribution is 2.55. The van der Waals surface area contributed by atoms with Crippen molar-refractivity contribution in [3.05, 3.63) is 37.2 Å². The molecule has 0 aliphatic heterocycles.